The second kappa shape index (κ2) is 8.69. The minimum Gasteiger partial charge on any atom is -1.00 e. The van der Waals surface area contributed by atoms with Gasteiger partial charge in [-0.25, -0.2) is 0 Å². The Labute approximate surface area is 194 Å². The highest BCUT2D eigenvalue weighted by Crippen LogP contribution is 2.24. The fourth-order valence-corrected chi connectivity index (χ4v) is 3.88. The summed E-state index contributed by atoms with van der Waals surface area (Å²) in [5, 5.41) is 2.37. The van der Waals surface area contributed by atoms with Crippen LogP contribution in [0.15, 0.2) is 103 Å². The van der Waals surface area contributed by atoms with Gasteiger partial charge in [-0.1, -0.05) is 78.6 Å². The topological polar surface area (TPSA) is 3.88 Å². The van der Waals surface area contributed by atoms with E-state index >= 15 is 0 Å². The Hall–Kier alpha value is -3.16. The van der Waals surface area contributed by atoms with Crippen LogP contribution >= 0.6 is 0 Å². The lowest BCUT2D eigenvalue weighted by Gasteiger charge is -2.05. The minimum absolute atomic E-state index is 0. The van der Waals surface area contributed by atoms with Crippen LogP contribution in [-0.4, -0.2) is 0 Å². The number of para-hydroxylation sites is 2. The van der Waals surface area contributed by atoms with Gasteiger partial charge in [0.15, 0.2) is 0 Å². The molecule has 5 rings (SSSR count). The number of hydrogen-bond acceptors (Lipinski definition) is 0. The molecule has 0 atom stereocenters. The van der Waals surface area contributed by atoms with Gasteiger partial charge in [0, 0.05) is 17.7 Å². The number of aromatic nitrogens is 1. The van der Waals surface area contributed by atoms with Crippen LogP contribution in [0.2, 0.25) is 0 Å². The van der Waals surface area contributed by atoms with E-state index < -0.39 is 0 Å². The first-order valence-corrected chi connectivity index (χ1v) is 9.78. The molecule has 4 aromatic carbocycles. The average molecular weight is 497 g/mol. The molecule has 0 unspecified atom stereocenters. The van der Waals surface area contributed by atoms with Gasteiger partial charge in [-0.05, 0) is 35.4 Å². The molecule has 144 valence electrons. The number of halogens is 1. The molecule has 0 saturated carbocycles. The highest BCUT2D eigenvalue weighted by atomic mass is 127. The summed E-state index contributed by atoms with van der Waals surface area (Å²) in [4.78, 5) is 0. The van der Waals surface area contributed by atoms with Crippen molar-refractivity contribution >= 4 is 21.8 Å². The maximum atomic E-state index is 3.47. The number of nitrogens with zero attached hydrogens (tertiary/aromatic N) is 1. The van der Waals surface area contributed by atoms with E-state index in [1.165, 1.54) is 32.9 Å². The molecule has 0 aliphatic rings. The predicted molar refractivity (Wildman–Crippen MR) is 120 cm³/mol. The maximum absolute atomic E-state index is 3.47. The van der Waals surface area contributed by atoms with Crippen LogP contribution in [0.4, 0.5) is 0 Å². The van der Waals surface area contributed by atoms with Gasteiger partial charge in [0.25, 0.3) is 0 Å². The van der Waals surface area contributed by atoms with Crippen LogP contribution in [0, 0.1) is 11.8 Å². The summed E-state index contributed by atoms with van der Waals surface area (Å²) in [6, 6.07) is 35.8. The van der Waals surface area contributed by atoms with E-state index in [9.17, 15) is 0 Å². The number of fused-ring (bicyclic) bond motifs is 2. The highest BCUT2D eigenvalue weighted by Gasteiger charge is 2.15. The largest absolute Gasteiger partial charge is 1.00 e. The van der Waals surface area contributed by atoms with E-state index in [1.807, 2.05) is 6.07 Å². The van der Waals surface area contributed by atoms with Gasteiger partial charge >= 0.3 is 0 Å². The first-order valence-electron chi connectivity index (χ1n) is 9.78. The third-order valence-corrected chi connectivity index (χ3v) is 5.39. The fraction of sp³-hybridized carbons (Fsp3) is 0.0357. The van der Waals surface area contributed by atoms with Crippen LogP contribution < -0.4 is 28.5 Å². The van der Waals surface area contributed by atoms with Crippen molar-refractivity contribution in [2.45, 2.75) is 0 Å². The molecule has 0 aliphatic heterocycles. The lowest BCUT2D eigenvalue weighted by Crippen LogP contribution is -3.00. The quantitative estimate of drug-likeness (QED) is 0.145. The van der Waals surface area contributed by atoms with Gasteiger partial charge in [-0.3, -0.25) is 0 Å². The molecule has 2 heteroatoms. The standard InChI is InChI=1S/C28H20N.HI/c1-29-27-13-7-5-11-25(27)24(26-12-6-8-14-28(26)29)20-17-21-15-18-23(19-16-21)22-9-3-2-4-10-22;/h2-16,18-19H,1H3;1H/q+1;/p-1. The molecule has 0 bridgehead atoms. The fourth-order valence-electron chi connectivity index (χ4n) is 3.88. The number of benzene rings is 4. The Balaban J connectivity index is 0.00000218. The minimum atomic E-state index is 0. The lowest BCUT2D eigenvalue weighted by atomic mass is 10.0. The lowest BCUT2D eigenvalue weighted by molar-refractivity contribution is -0.617. The van der Waals surface area contributed by atoms with Crippen molar-refractivity contribution in [2.75, 3.05) is 0 Å². The zero-order valence-corrected chi connectivity index (χ0v) is 18.8. The van der Waals surface area contributed by atoms with E-state index in [0.29, 0.717) is 0 Å². The summed E-state index contributed by atoms with van der Waals surface area (Å²) < 4.78 is 2.24. The Bertz CT molecular complexity index is 1330. The summed E-state index contributed by atoms with van der Waals surface area (Å²) in [5.74, 6) is 6.85. The smallest absolute Gasteiger partial charge is 0.214 e. The second-order valence-electron chi connectivity index (χ2n) is 7.16. The van der Waals surface area contributed by atoms with Crippen LogP contribution in [0.3, 0.4) is 0 Å². The Morgan fingerprint density at radius 2 is 1.03 bits per heavy atom. The predicted octanol–water partition coefficient (Wildman–Crippen LogP) is 2.89. The van der Waals surface area contributed by atoms with E-state index in [2.05, 4.69) is 121 Å². The van der Waals surface area contributed by atoms with Crippen molar-refractivity contribution < 1.29 is 28.5 Å². The Kier molecular flexibility index (Phi) is 5.83. The molecule has 0 spiro atoms. The van der Waals surface area contributed by atoms with E-state index in [-0.39, 0.29) is 24.0 Å². The third-order valence-electron chi connectivity index (χ3n) is 5.39. The van der Waals surface area contributed by atoms with Crippen molar-refractivity contribution in [1.82, 2.24) is 0 Å². The summed E-state index contributed by atoms with van der Waals surface area (Å²) in [6.45, 7) is 0. The molecule has 0 aliphatic carbocycles. The molecule has 0 saturated heterocycles. The van der Waals surface area contributed by atoms with E-state index in [1.54, 1.807) is 0 Å². The van der Waals surface area contributed by atoms with Crippen LogP contribution in [0.5, 0.6) is 0 Å². The summed E-state index contributed by atoms with van der Waals surface area (Å²) in [5.41, 5.74) is 6.91. The van der Waals surface area contributed by atoms with Crippen molar-refractivity contribution in [3.63, 3.8) is 0 Å². The third kappa shape index (κ3) is 3.69. The van der Waals surface area contributed by atoms with Gasteiger partial charge in [0.2, 0.25) is 11.0 Å². The summed E-state index contributed by atoms with van der Waals surface area (Å²) in [7, 11) is 2.12. The molecular formula is C28H20IN. The van der Waals surface area contributed by atoms with Crippen LogP contribution in [-0.2, 0) is 7.05 Å². The molecule has 0 radical (unpaired) electrons. The monoisotopic (exact) mass is 497 g/mol. The SMILES string of the molecule is C[n+]1c2ccccc2c(C#Cc2ccc(-c3ccccc3)cc2)c2ccccc21.[I-]. The van der Waals surface area contributed by atoms with Crippen LogP contribution in [0.25, 0.3) is 32.9 Å². The van der Waals surface area contributed by atoms with Crippen molar-refractivity contribution in [3.8, 4) is 23.0 Å². The molecule has 1 nitrogen and oxygen atoms in total. The molecule has 1 aromatic heterocycles. The average Bonchev–Trinajstić information content (AvgIpc) is 2.80. The van der Waals surface area contributed by atoms with Crippen molar-refractivity contribution in [2.24, 2.45) is 7.05 Å². The highest BCUT2D eigenvalue weighted by molar-refractivity contribution is 5.97. The molecular weight excluding hydrogens is 477 g/mol. The first kappa shape index (κ1) is 20.1. The summed E-state index contributed by atoms with van der Waals surface area (Å²) >= 11 is 0. The van der Waals surface area contributed by atoms with Gasteiger partial charge in [-0.2, -0.15) is 4.57 Å². The zero-order valence-electron chi connectivity index (χ0n) is 16.6. The van der Waals surface area contributed by atoms with Gasteiger partial charge in [0.05, 0.1) is 16.3 Å². The van der Waals surface area contributed by atoms with Gasteiger partial charge < -0.3 is 24.0 Å². The van der Waals surface area contributed by atoms with Gasteiger partial charge in [0.1, 0.15) is 7.05 Å². The number of rotatable bonds is 1. The molecule has 30 heavy (non-hydrogen) atoms. The second-order valence-corrected chi connectivity index (χ2v) is 7.16. The van der Waals surface area contributed by atoms with Crippen molar-refractivity contribution in [1.29, 1.82) is 0 Å². The number of pyridine rings is 1. The Morgan fingerprint density at radius 3 is 1.63 bits per heavy atom. The van der Waals surface area contributed by atoms with E-state index in [4.69, 9.17) is 0 Å². The molecule has 1 heterocycles. The maximum Gasteiger partial charge on any atom is 0.214 e. The molecule has 0 fully saturated rings. The van der Waals surface area contributed by atoms with Gasteiger partial charge in [-0.15, -0.1) is 0 Å². The van der Waals surface area contributed by atoms with Crippen LogP contribution in [0.1, 0.15) is 11.1 Å². The van der Waals surface area contributed by atoms with Crippen molar-refractivity contribution in [3.05, 3.63) is 114 Å². The first-order chi connectivity index (χ1) is 14.3. The number of aryl methyl sites for hydroxylation is 1. The number of hydrogen-bond donors (Lipinski definition) is 0. The molecule has 0 N–H and O–H groups in total. The Morgan fingerprint density at radius 1 is 0.533 bits per heavy atom. The molecule has 5 aromatic rings. The summed E-state index contributed by atoms with van der Waals surface area (Å²) in [6.07, 6.45) is 0. The zero-order chi connectivity index (χ0) is 19.6. The van der Waals surface area contributed by atoms with E-state index in [0.717, 1.165) is 11.1 Å². The normalized spacial score (nSPS) is 10.3. The molecule has 0 amide bonds.